The van der Waals surface area contributed by atoms with Gasteiger partial charge in [0.25, 0.3) is 0 Å². The van der Waals surface area contributed by atoms with E-state index in [1.165, 1.54) is 64.2 Å². The predicted octanol–water partition coefficient (Wildman–Crippen LogP) is 7.01. The number of carbonyl (C=O) groups is 1. The number of hydrogen-bond acceptors (Lipinski definition) is 1. The van der Waals surface area contributed by atoms with Crippen LogP contribution in [0.4, 0.5) is 0 Å². The summed E-state index contributed by atoms with van der Waals surface area (Å²) < 4.78 is 0. The minimum absolute atomic E-state index is 0.422. The fourth-order valence-corrected chi connectivity index (χ4v) is 2.59. The second kappa shape index (κ2) is 16.4. The highest BCUT2D eigenvalue weighted by Crippen LogP contribution is 2.13. The summed E-state index contributed by atoms with van der Waals surface area (Å²) in [6.45, 7) is 2.26. The lowest BCUT2D eigenvalue weighted by Crippen LogP contribution is -2.06. The molecule has 0 radical (unpaired) electrons. The first-order chi connectivity index (χ1) is 10.2. The van der Waals surface area contributed by atoms with E-state index in [2.05, 4.69) is 19.1 Å². The van der Waals surface area contributed by atoms with Gasteiger partial charge < -0.3 is 0 Å². The van der Waals surface area contributed by atoms with Crippen LogP contribution in [-0.4, -0.2) is 10.6 Å². The van der Waals surface area contributed by atoms with E-state index >= 15 is 0 Å². The molecule has 0 spiro atoms. The number of carbonyl (C=O) groups excluding carboxylic acids is 1. The van der Waals surface area contributed by atoms with Crippen molar-refractivity contribution in [3.8, 4) is 0 Å². The van der Waals surface area contributed by atoms with Crippen molar-refractivity contribution in [3.05, 3.63) is 12.2 Å². The van der Waals surface area contributed by atoms with E-state index in [1.807, 2.05) is 0 Å². The molecule has 0 aromatic heterocycles. The van der Waals surface area contributed by atoms with Crippen LogP contribution in [0.15, 0.2) is 12.2 Å². The van der Waals surface area contributed by atoms with E-state index in [-0.39, 0.29) is 0 Å². The van der Waals surface area contributed by atoms with Crippen LogP contribution < -0.4 is 0 Å². The molecule has 0 aromatic carbocycles. The Morgan fingerprint density at radius 2 is 1.33 bits per heavy atom. The average Bonchev–Trinajstić information content (AvgIpc) is 2.47. The summed E-state index contributed by atoms with van der Waals surface area (Å²) >= 11 is 11.1. The fraction of sp³-hybridized carbons (Fsp3) is 0.833. The number of unbranched alkanes of at least 4 members (excludes halogenated alkanes) is 10. The Bertz CT molecular complexity index is 264. The lowest BCUT2D eigenvalue weighted by atomic mass is 10.1. The molecule has 124 valence electrons. The normalized spacial score (nSPS) is 12.9. The number of alkyl halides is 1. The summed E-state index contributed by atoms with van der Waals surface area (Å²) in [6.07, 6.45) is 20.6. The average molecular weight is 335 g/mol. The summed E-state index contributed by atoms with van der Waals surface area (Å²) in [5, 5.41) is -0.918. The van der Waals surface area contributed by atoms with Crippen molar-refractivity contribution < 1.29 is 4.79 Å². The third kappa shape index (κ3) is 16.2. The van der Waals surface area contributed by atoms with Gasteiger partial charge in [-0.3, -0.25) is 4.79 Å². The maximum Gasteiger partial charge on any atom is 0.239 e. The molecule has 0 heterocycles. The van der Waals surface area contributed by atoms with Crippen molar-refractivity contribution >= 4 is 28.4 Å². The Morgan fingerprint density at radius 1 is 0.857 bits per heavy atom. The summed E-state index contributed by atoms with van der Waals surface area (Å²) in [5.74, 6) is 0. The molecule has 0 aliphatic heterocycles. The zero-order valence-electron chi connectivity index (χ0n) is 13.6. The van der Waals surface area contributed by atoms with Crippen LogP contribution >= 0.6 is 23.2 Å². The molecule has 0 rings (SSSR count). The van der Waals surface area contributed by atoms with E-state index in [0.717, 1.165) is 12.8 Å². The fourth-order valence-electron chi connectivity index (χ4n) is 2.33. The molecule has 1 atom stereocenters. The van der Waals surface area contributed by atoms with Crippen molar-refractivity contribution in [2.24, 2.45) is 0 Å². The molecule has 0 aliphatic rings. The molecule has 0 amide bonds. The summed E-state index contributed by atoms with van der Waals surface area (Å²) in [7, 11) is 0. The quantitative estimate of drug-likeness (QED) is 0.136. The number of rotatable bonds is 15. The Hall–Kier alpha value is -0.0100. The molecule has 3 heteroatoms. The van der Waals surface area contributed by atoms with Gasteiger partial charge in [0.15, 0.2) is 0 Å². The molecule has 0 N–H and O–H groups in total. The molecule has 0 aromatic rings. The molecule has 0 saturated carbocycles. The lowest BCUT2D eigenvalue weighted by molar-refractivity contribution is -0.111. The summed E-state index contributed by atoms with van der Waals surface area (Å²) in [6, 6.07) is 0. The Morgan fingerprint density at radius 3 is 1.86 bits per heavy atom. The molecular weight excluding hydrogens is 303 g/mol. The minimum atomic E-state index is -0.496. The van der Waals surface area contributed by atoms with E-state index in [9.17, 15) is 4.79 Å². The van der Waals surface area contributed by atoms with Gasteiger partial charge in [-0.15, -0.1) is 11.6 Å². The van der Waals surface area contributed by atoms with Crippen LogP contribution in [0.5, 0.6) is 0 Å². The zero-order valence-corrected chi connectivity index (χ0v) is 15.1. The van der Waals surface area contributed by atoms with E-state index < -0.39 is 10.6 Å². The first kappa shape index (κ1) is 21.0. The molecular formula is C18H32Cl2O. The van der Waals surface area contributed by atoms with Crippen molar-refractivity contribution in [1.29, 1.82) is 0 Å². The van der Waals surface area contributed by atoms with Crippen LogP contribution in [0.25, 0.3) is 0 Å². The SMILES string of the molecule is CCCCCCCCC=CCCCCCCC(Cl)C(=O)Cl. The van der Waals surface area contributed by atoms with Crippen molar-refractivity contribution in [1.82, 2.24) is 0 Å². The maximum absolute atomic E-state index is 10.7. The van der Waals surface area contributed by atoms with Gasteiger partial charge in [0, 0.05) is 0 Å². The van der Waals surface area contributed by atoms with Gasteiger partial charge in [-0.1, -0.05) is 70.4 Å². The van der Waals surface area contributed by atoms with Crippen LogP contribution in [0.1, 0.15) is 90.4 Å². The largest absolute Gasteiger partial charge is 0.280 e. The van der Waals surface area contributed by atoms with Gasteiger partial charge in [0.1, 0.15) is 5.38 Å². The van der Waals surface area contributed by atoms with Crippen molar-refractivity contribution in [2.45, 2.75) is 95.8 Å². The number of halogens is 2. The van der Waals surface area contributed by atoms with Gasteiger partial charge in [0.2, 0.25) is 5.24 Å². The Balaban J connectivity index is 3.17. The van der Waals surface area contributed by atoms with Crippen molar-refractivity contribution in [2.75, 3.05) is 0 Å². The van der Waals surface area contributed by atoms with Gasteiger partial charge in [-0.05, 0) is 43.7 Å². The summed E-state index contributed by atoms with van der Waals surface area (Å²) in [5.41, 5.74) is 0. The van der Waals surface area contributed by atoms with Gasteiger partial charge >= 0.3 is 0 Å². The smallest absolute Gasteiger partial charge is 0.239 e. The highest BCUT2D eigenvalue weighted by molar-refractivity contribution is 6.69. The molecule has 0 bridgehead atoms. The monoisotopic (exact) mass is 334 g/mol. The predicted molar refractivity (Wildman–Crippen MR) is 95.3 cm³/mol. The highest BCUT2D eigenvalue weighted by Gasteiger charge is 2.10. The van der Waals surface area contributed by atoms with Gasteiger partial charge in [0.05, 0.1) is 0 Å². The third-order valence-electron chi connectivity index (χ3n) is 3.72. The Labute approximate surface area is 141 Å². The van der Waals surface area contributed by atoms with E-state index in [0.29, 0.717) is 6.42 Å². The standard InChI is InChI=1S/C18H32Cl2O/c1-2-3-4-5-6-7-8-9-10-11-12-13-14-15-16-17(19)18(20)21/h9-10,17H,2-8,11-16H2,1H3. The van der Waals surface area contributed by atoms with Crippen LogP contribution in [0.2, 0.25) is 0 Å². The first-order valence-corrected chi connectivity index (χ1v) is 9.48. The highest BCUT2D eigenvalue weighted by atomic mass is 35.5. The minimum Gasteiger partial charge on any atom is -0.280 e. The molecule has 1 nitrogen and oxygen atoms in total. The molecule has 0 saturated heterocycles. The van der Waals surface area contributed by atoms with Crippen LogP contribution in [0.3, 0.4) is 0 Å². The third-order valence-corrected chi connectivity index (χ3v) is 4.51. The number of hydrogen-bond donors (Lipinski definition) is 0. The van der Waals surface area contributed by atoms with Gasteiger partial charge in [-0.2, -0.15) is 0 Å². The Kier molecular flexibility index (Phi) is 16.4. The molecule has 1 unspecified atom stereocenters. The molecule has 21 heavy (non-hydrogen) atoms. The van der Waals surface area contributed by atoms with Crippen LogP contribution in [-0.2, 0) is 4.79 Å². The van der Waals surface area contributed by atoms with E-state index in [1.54, 1.807) is 0 Å². The van der Waals surface area contributed by atoms with Crippen molar-refractivity contribution in [3.63, 3.8) is 0 Å². The molecule has 0 aliphatic carbocycles. The second-order valence-electron chi connectivity index (χ2n) is 5.79. The topological polar surface area (TPSA) is 17.1 Å². The molecule has 0 fully saturated rings. The second-order valence-corrected chi connectivity index (χ2v) is 6.69. The van der Waals surface area contributed by atoms with E-state index in [4.69, 9.17) is 23.2 Å². The summed E-state index contributed by atoms with van der Waals surface area (Å²) in [4.78, 5) is 10.7. The number of allylic oxidation sites excluding steroid dienone is 2. The van der Waals surface area contributed by atoms with Gasteiger partial charge in [-0.25, -0.2) is 0 Å². The van der Waals surface area contributed by atoms with Crippen LogP contribution in [0, 0.1) is 0 Å². The first-order valence-electron chi connectivity index (χ1n) is 8.67. The lowest BCUT2D eigenvalue weighted by Gasteiger charge is -2.03. The zero-order chi connectivity index (χ0) is 15.8. The maximum atomic E-state index is 10.7.